The summed E-state index contributed by atoms with van der Waals surface area (Å²) in [7, 11) is 0. The Morgan fingerprint density at radius 3 is 2.46 bits per heavy atom. The number of esters is 1. The summed E-state index contributed by atoms with van der Waals surface area (Å²) in [5.41, 5.74) is 1.26. The maximum atomic E-state index is 12.1. The number of hydrogen-bond donors (Lipinski definition) is 0. The van der Waals surface area contributed by atoms with Crippen LogP contribution in [0.5, 0.6) is 5.75 Å². The number of ether oxygens (including phenoxy) is 2. The normalized spacial score (nSPS) is 11.5. The third-order valence-corrected chi connectivity index (χ3v) is 3.36. The number of aromatic nitrogens is 2. The summed E-state index contributed by atoms with van der Waals surface area (Å²) < 4.78 is 50.1. The molecular formula is C19H13F3N2O4. The van der Waals surface area contributed by atoms with Gasteiger partial charge in [0.2, 0.25) is 5.82 Å². The van der Waals surface area contributed by atoms with E-state index < -0.39 is 12.3 Å². The van der Waals surface area contributed by atoms with E-state index in [1.54, 1.807) is 0 Å². The Kier molecular flexibility index (Phi) is 5.73. The van der Waals surface area contributed by atoms with Gasteiger partial charge in [-0.3, -0.25) is 0 Å². The second-order valence-electron chi connectivity index (χ2n) is 5.44. The first kappa shape index (κ1) is 19.2. The van der Waals surface area contributed by atoms with E-state index >= 15 is 0 Å². The van der Waals surface area contributed by atoms with E-state index in [0.717, 1.165) is 23.8 Å². The summed E-state index contributed by atoms with van der Waals surface area (Å²) in [6, 6.07) is 14.2. The predicted octanol–water partition coefficient (Wildman–Crippen LogP) is 4.39. The number of nitrogens with zero attached hydrogens (tertiary/aromatic N) is 2. The van der Waals surface area contributed by atoms with Crippen LogP contribution in [0.15, 0.2) is 65.2 Å². The highest BCUT2D eigenvalue weighted by molar-refractivity contribution is 5.87. The zero-order valence-electron chi connectivity index (χ0n) is 14.2. The van der Waals surface area contributed by atoms with Crippen LogP contribution < -0.4 is 4.74 Å². The molecule has 0 aliphatic heterocycles. The van der Waals surface area contributed by atoms with Gasteiger partial charge in [-0.25, -0.2) is 4.79 Å². The number of benzene rings is 2. The average Bonchev–Trinajstić information content (AvgIpc) is 3.14. The molecule has 0 atom stereocenters. The molecule has 2 aromatic carbocycles. The number of carbonyl (C=O) groups is 1. The Bertz CT molecular complexity index is 951. The Balaban J connectivity index is 1.51. The van der Waals surface area contributed by atoms with E-state index in [-0.39, 0.29) is 18.2 Å². The number of carbonyl (C=O) groups excluding carboxylic acids is 1. The van der Waals surface area contributed by atoms with Crippen LogP contribution in [0.25, 0.3) is 17.5 Å². The minimum atomic E-state index is -4.75. The van der Waals surface area contributed by atoms with Crippen LogP contribution in [0.3, 0.4) is 0 Å². The third-order valence-electron chi connectivity index (χ3n) is 3.36. The molecule has 0 N–H and O–H groups in total. The van der Waals surface area contributed by atoms with Gasteiger partial charge in [0.1, 0.15) is 5.75 Å². The average molecular weight is 390 g/mol. The van der Waals surface area contributed by atoms with Gasteiger partial charge in [-0.15, -0.1) is 13.2 Å². The van der Waals surface area contributed by atoms with E-state index in [1.165, 1.54) is 18.2 Å². The van der Waals surface area contributed by atoms with E-state index in [9.17, 15) is 18.0 Å². The lowest BCUT2D eigenvalue weighted by Crippen LogP contribution is -2.16. The second-order valence-corrected chi connectivity index (χ2v) is 5.44. The van der Waals surface area contributed by atoms with E-state index in [4.69, 9.17) is 9.26 Å². The van der Waals surface area contributed by atoms with Crippen molar-refractivity contribution in [1.82, 2.24) is 10.1 Å². The molecule has 0 bridgehead atoms. The molecule has 0 unspecified atom stereocenters. The molecule has 0 saturated carbocycles. The smallest absolute Gasteiger partial charge is 0.452 e. The molecular weight excluding hydrogens is 377 g/mol. The summed E-state index contributed by atoms with van der Waals surface area (Å²) in [4.78, 5) is 15.9. The van der Waals surface area contributed by atoms with E-state index in [0.29, 0.717) is 11.4 Å². The monoisotopic (exact) mass is 390 g/mol. The summed E-state index contributed by atoms with van der Waals surface area (Å²) in [6.07, 6.45) is -2.23. The number of halogens is 3. The fraction of sp³-hybridized carbons (Fsp3) is 0.105. The van der Waals surface area contributed by atoms with Crippen molar-refractivity contribution in [1.29, 1.82) is 0 Å². The van der Waals surface area contributed by atoms with Crippen LogP contribution in [-0.2, 0) is 16.1 Å². The van der Waals surface area contributed by atoms with Crippen molar-refractivity contribution in [2.24, 2.45) is 0 Å². The molecule has 1 aromatic heterocycles. The first-order valence-electron chi connectivity index (χ1n) is 7.98. The molecule has 3 rings (SSSR count). The van der Waals surface area contributed by atoms with Crippen molar-refractivity contribution in [2.75, 3.05) is 0 Å². The van der Waals surface area contributed by atoms with Crippen molar-refractivity contribution < 1.29 is 32.0 Å². The highest BCUT2D eigenvalue weighted by Gasteiger charge is 2.30. The summed E-state index contributed by atoms with van der Waals surface area (Å²) in [5.74, 6) is -0.509. The molecule has 0 aliphatic rings. The molecule has 0 aliphatic carbocycles. The fourth-order valence-corrected chi connectivity index (χ4v) is 2.14. The van der Waals surface area contributed by atoms with Gasteiger partial charge < -0.3 is 14.0 Å². The molecule has 0 saturated heterocycles. The van der Waals surface area contributed by atoms with Crippen molar-refractivity contribution >= 4 is 12.0 Å². The second kappa shape index (κ2) is 8.38. The highest BCUT2D eigenvalue weighted by atomic mass is 19.4. The SMILES string of the molecule is O=C(/C=C/c1ccc(OC(F)(F)F)cc1)OCc1nc(-c2ccccc2)no1. The Morgan fingerprint density at radius 2 is 1.79 bits per heavy atom. The van der Waals surface area contributed by atoms with Crippen molar-refractivity contribution in [2.45, 2.75) is 13.0 Å². The lowest BCUT2D eigenvalue weighted by Gasteiger charge is -2.08. The lowest BCUT2D eigenvalue weighted by molar-refractivity contribution is -0.274. The maximum Gasteiger partial charge on any atom is 0.573 e. The zero-order valence-corrected chi connectivity index (χ0v) is 14.2. The first-order valence-corrected chi connectivity index (χ1v) is 7.98. The highest BCUT2D eigenvalue weighted by Crippen LogP contribution is 2.23. The molecule has 0 fully saturated rings. The van der Waals surface area contributed by atoms with Crippen molar-refractivity contribution in [3.63, 3.8) is 0 Å². The minimum Gasteiger partial charge on any atom is -0.452 e. The molecule has 0 spiro atoms. The number of hydrogen-bond acceptors (Lipinski definition) is 6. The van der Waals surface area contributed by atoms with Gasteiger partial charge in [0.25, 0.3) is 5.89 Å². The quantitative estimate of drug-likeness (QED) is 0.459. The minimum absolute atomic E-state index is 0.134. The first-order chi connectivity index (χ1) is 13.4. The van der Waals surface area contributed by atoms with Gasteiger partial charge in [-0.2, -0.15) is 4.98 Å². The van der Waals surface area contributed by atoms with Crippen LogP contribution in [0.2, 0.25) is 0 Å². The van der Waals surface area contributed by atoms with Gasteiger partial charge in [0.05, 0.1) is 0 Å². The molecule has 9 heteroatoms. The fourth-order valence-electron chi connectivity index (χ4n) is 2.14. The zero-order chi connectivity index (χ0) is 20.0. The Morgan fingerprint density at radius 1 is 1.07 bits per heavy atom. The third kappa shape index (κ3) is 5.70. The maximum absolute atomic E-state index is 12.1. The summed E-state index contributed by atoms with van der Waals surface area (Å²) in [6.45, 7) is -0.207. The van der Waals surface area contributed by atoms with E-state index in [2.05, 4.69) is 14.9 Å². The molecule has 0 radical (unpaired) electrons. The van der Waals surface area contributed by atoms with Gasteiger partial charge in [-0.05, 0) is 23.8 Å². The number of alkyl halides is 3. The molecule has 0 amide bonds. The molecule has 6 nitrogen and oxygen atoms in total. The number of rotatable bonds is 6. The van der Waals surface area contributed by atoms with Crippen LogP contribution >= 0.6 is 0 Å². The van der Waals surface area contributed by atoms with Crippen LogP contribution in [0.4, 0.5) is 13.2 Å². The predicted molar refractivity (Wildman–Crippen MR) is 91.7 cm³/mol. The largest absolute Gasteiger partial charge is 0.573 e. The van der Waals surface area contributed by atoms with Crippen LogP contribution in [-0.4, -0.2) is 22.5 Å². The summed E-state index contributed by atoms with van der Waals surface area (Å²) >= 11 is 0. The van der Waals surface area contributed by atoms with Crippen LogP contribution in [0.1, 0.15) is 11.5 Å². The molecule has 144 valence electrons. The van der Waals surface area contributed by atoms with E-state index in [1.807, 2.05) is 30.3 Å². The molecule has 3 aromatic rings. The topological polar surface area (TPSA) is 74.5 Å². The van der Waals surface area contributed by atoms with Gasteiger partial charge in [0, 0.05) is 11.6 Å². The summed E-state index contributed by atoms with van der Waals surface area (Å²) in [5, 5.41) is 3.80. The Labute approximate surface area is 157 Å². The van der Waals surface area contributed by atoms with Gasteiger partial charge in [0.15, 0.2) is 6.61 Å². The van der Waals surface area contributed by atoms with Gasteiger partial charge >= 0.3 is 12.3 Å². The van der Waals surface area contributed by atoms with Gasteiger partial charge in [-0.1, -0.05) is 47.6 Å². The lowest BCUT2D eigenvalue weighted by atomic mass is 10.2. The molecule has 1 heterocycles. The standard InChI is InChI=1S/C19H13F3N2O4/c20-19(21,22)27-15-9-6-13(7-10-15)8-11-17(25)26-12-16-23-18(24-28-16)14-4-2-1-3-5-14/h1-11H,12H2/b11-8+. The van der Waals surface area contributed by atoms with Crippen molar-refractivity contribution in [3.05, 3.63) is 72.1 Å². The molecule has 28 heavy (non-hydrogen) atoms. The van der Waals surface area contributed by atoms with Crippen LogP contribution in [0, 0.1) is 0 Å². The van der Waals surface area contributed by atoms with Crippen molar-refractivity contribution in [3.8, 4) is 17.1 Å². The Hall–Kier alpha value is -3.62.